The number of H-pyrrole nitrogens is 2. The summed E-state index contributed by atoms with van der Waals surface area (Å²) in [7, 11) is 0. The maximum atomic E-state index is 11.8. The standard InChI is InChI=1S/C11H18N4O2/c12-5-7-3-1-2-4-8(7)14-10(16)9-6-13-11(17)15-9/h6-8H,1-5,12H2,(H,14,16)(H2,13,15,17). The van der Waals surface area contributed by atoms with Gasteiger partial charge in [0.05, 0.1) is 0 Å². The largest absolute Gasteiger partial charge is 0.348 e. The molecule has 94 valence electrons. The topological polar surface area (TPSA) is 104 Å². The van der Waals surface area contributed by atoms with Crippen molar-refractivity contribution < 1.29 is 4.79 Å². The maximum Gasteiger partial charge on any atom is 0.323 e. The lowest BCUT2D eigenvalue weighted by atomic mass is 9.84. The molecular formula is C11H18N4O2. The summed E-state index contributed by atoms with van der Waals surface area (Å²) in [5.74, 6) is 0.104. The van der Waals surface area contributed by atoms with Gasteiger partial charge in [0.25, 0.3) is 5.91 Å². The zero-order valence-electron chi connectivity index (χ0n) is 9.66. The summed E-state index contributed by atoms with van der Waals surface area (Å²) < 4.78 is 0. The summed E-state index contributed by atoms with van der Waals surface area (Å²) in [5, 5.41) is 2.94. The van der Waals surface area contributed by atoms with Gasteiger partial charge in [-0.1, -0.05) is 12.8 Å². The summed E-state index contributed by atoms with van der Waals surface area (Å²) in [5.41, 5.74) is 5.60. The van der Waals surface area contributed by atoms with Gasteiger partial charge in [0.1, 0.15) is 5.69 Å². The first-order valence-corrected chi connectivity index (χ1v) is 5.99. The smallest absolute Gasteiger partial charge is 0.323 e. The Labute approximate surface area is 99.0 Å². The molecule has 0 saturated heterocycles. The quantitative estimate of drug-likeness (QED) is 0.593. The molecule has 2 rings (SSSR count). The van der Waals surface area contributed by atoms with E-state index in [9.17, 15) is 9.59 Å². The Morgan fingerprint density at radius 1 is 1.47 bits per heavy atom. The van der Waals surface area contributed by atoms with Gasteiger partial charge in [-0.25, -0.2) is 4.79 Å². The number of nitrogens with one attached hydrogen (secondary N) is 3. The molecule has 1 saturated carbocycles. The highest BCUT2D eigenvalue weighted by Crippen LogP contribution is 2.23. The minimum Gasteiger partial charge on any atom is -0.348 e. The molecule has 0 aliphatic heterocycles. The fraction of sp³-hybridized carbons (Fsp3) is 0.636. The highest BCUT2D eigenvalue weighted by molar-refractivity contribution is 5.92. The van der Waals surface area contributed by atoms with E-state index in [2.05, 4.69) is 15.3 Å². The zero-order valence-corrected chi connectivity index (χ0v) is 9.66. The van der Waals surface area contributed by atoms with Crippen LogP contribution in [0.15, 0.2) is 11.0 Å². The third-order valence-electron chi connectivity index (χ3n) is 3.37. The van der Waals surface area contributed by atoms with Gasteiger partial charge >= 0.3 is 5.69 Å². The van der Waals surface area contributed by atoms with Crippen LogP contribution in [-0.2, 0) is 0 Å². The van der Waals surface area contributed by atoms with E-state index >= 15 is 0 Å². The van der Waals surface area contributed by atoms with Crippen LogP contribution in [0.3, 0.4) is 0 Å². The van der Waals surface area contributed by atoms with Gasteiger partial charge in [0.2, 0.25) is 0 Å². The van der Waals surface area contributed by atoms with E-state index in [1.165, 1.54) is 12.6 Å². The van der Waals surface area contributed by atoms with Crippen molar-refractivity contribution in [3.8, 4) is 0 Å². The normalized spacial score (nSPS) is 24.5. The molecule has 5 N–H and O–H groups in total. The number of hydrogen-bond donors (Lipinski definition) is 4. The van der Waals surface area contributed by atoms with Gasteiger partial charge in [-0.05, 0) is 25.3 Å². The number of nitrogens with two attached hydrogens (primary N) is 1. The van der Waals surface area contributed by atoms with Crippen LogP contribution < -0.4 is 16.7 Å². The van der Waals surface area contributed by atoms with Crippen molar-refractivity contribution in [1.29, 1.82) is 0 Å². The van der Waals surface area contributed by atoms with Gasteiger partial charge in [0.15, 0.2) is 0 Å². The third-order valence-corrected chi connectivity index (χ3v) is 3.37. The lowest BCUT2D eigenvalue weighted by Crippen LogP contribution is -2.44. The monoisotopic (exact) mass is 238 g/mol. The van der Waals surface area contributed by atoms with E-state index in [1.54, 1.807) is 0 Å². The van der Waals surface area contributed by atoms with E-state index in [-0.39, 0.29) is 23.3 Å². The molecule has 0 aromatic carbocycles. The van der Waals surface area contributed by atoms with Crippen molar-refractivity contribution in [3.63, 3.8) is 0 Å². The summed E-state index contributed by atoms with van der Waals surface area (Å²) in [6, 6.07) is 0.125. The van der Waals surface area contributed by atoms with Crippen molar-refractivity contribution in [3.05, 3.63) is 22.4 Å². The second kappa shape index (κ2) is 5.18. The van der Waals surface area contributed by atoms with Crippen LogP contribution in [0.25, 0.3) is 0 Å². The van der Waals surface area contributed by atoms with Gasteiger partial charge in [-0.2, -0.15) is 0 Å². The molecule has 2 unspecified atom stereocenters. The molecule has 1 aliphatic carbocycles. The maximum absolute atomic E-state index is 11.8. The number of rotatable bonds is 3. The van der Waals surface area contributed by atoms with Crippen LogP contribution in [0.5, 0.6) is 0 Å². The molecule has 1 aromatic rings. The highest BCUT2D eigenvalue weighted by Gasteiger charge is 2.25. The van der Waals surface area contributed by atoms with Crippen LogP contribution in [0.4, 0.5) is 0 Å². The van der Waals surface area contributed by atoms with Gasteiger partial charge < -0.3 is 21.0 Å². The predicted molar refractivity (Wildman–Crippen MR) is 63.7 cm³/mol. The Morgan fingerprint density at radius 3 is 2.88 bits per heavy atom. The van der Waals surface area contributed by atoms with Crippen molar-refractivity contribution in [2.45, 2.75) is 31.7 Å². The minimum absolute atomic E-state index is 0.125. The molecule has 6 nitrogen and oxygen atoms in total. The Balaban J connectivity index is 1.99. The highest BCUT2D eigenvalue weighted by atomic mass is 16.2. The second-order valence-electron chi connectivity index (χ2n) is 4.52. The van der Waals surface area contributed by atoms with Crippen LogP contribution >= 0.6 is 0 Å². The van der Waals surface area contributed by atoms with Crippen LogP contribution in [0.2, 0.25) is 0 Å². The molecule has 1 fully saturated rings. The van der Waals surface area contributed by atoms with E-state index in [4.69, 9.17) is 5.73 Å². The first-order chi connectivity index (χ1) is 8.20. The lowest BCUT2D eigenvalue weighted by molar-refractivity contribution is 0.0903. The number of amides is 1. The SMILES string of the molecule is NCC1CCCCC1NC(=O)c1c[nH]c(=O)[nH]1. The summed E-state index contributed by atoms with van der Waals surface area (Å²) in [6.07, 6.45) is 5.70. The molecule has 6 heteroatoms. The van der Waals surface area contributed by atoms with E-state index in [1.807, 2.05) is 0 Å². The average Bonchev–Trinajstić information content (AvgIpc) is 2.77. The second-order valence-corrected chi connectivity index (χ2v) is 4.52. The average molecular weight is 238 g/mol. The van der Waals surface area contributed by atoms with E-state index in [0.717, 1.165) is 19.3 Å². The fourth-order valence-corrected chi connectivity index (χ4v) is 2.38. The number of aromatic nitrogens is 2. The van der Waals surface area contributed by atoms with Crippen LogP contribution in [0.1, 0.15) is 36.2 Å². The van der Waals surface area contributed by atoms with Gasteiger partial charge in [0, 0.05) is 12.2 Å². The number of hydrogen-bond acceptors (Lipinski definition) is 3. The molecule has 0 bridgehead atoms. The van der Waals surface area contributed by atoms with Gasteiger partial charge in [-0.3, -0.25) is 4.79 Å². The molecule has 1 heterocycles. The zero-order chi connectivity index (χ0) is 12.3. The molecule has 0 radical (unpaired) electrons. The van der Waals surface area contributed by atoms with Crippen molar-refractivity contribution in [2.24, 2.45) is 11.7 Å². The van der Waals surface area contributed by atoms with Gasteiger partial charge in [-0.15, -0.1) is 0 Å². The number of carbonyl (C=O) groups is 1. The van der Waals surface area contributed by atoms with Crippen LogP contribution in [0, 0.1) is 5.92 Å². The van der Waals surface area contributed by atoms with Crippen molar-refractivity contribution in [1.82, 2.24) is 15.3 Å². The Bertz CT molecular complexity index is 437. The van der Waals surface area contributed by atoms with Crippen molar-refractivity contribution >= 4 is 5.91 Å². The number of carbonyl (C=O) groups excluding carboxylic acids is 1. The molecular weight excluding hydrogens is 220 g/mol. The van der Waals surface area contributed by atoms with Crippen LogP contribution in [-0.4, -0.2) is 28.5 Å². The number of imidazole rings is 1. The van der Waals surface area contributed by atoms with Crippen molar-refractivity contribution in [2.75, 3.05) is 6.54 Å². The lowest BCUT2D eigenvalue weighted by Gasteiger charge is -2.31. The summed E-state index contributed by atoms with van der Waals surface area (Å²) >= 11 is 0. The molecule has 2 atom stereocenters. The molecule has 1 amide bonds. The first-order valence-electron chi connectivity index (χ1n) is 5.99. The summed E-state index contributed by atoms with van der Waals surface area (Å²) in [4.78, 5) is 27.6. The Morgan fingerprint density at radius 2 is 2.24 bits per heavy atom. The molecule has 1 aromatic heterocycles. The molecule has 1 aliphatic rings. The molecule has 0 spiro atoms. The third kappa shape index (κ3) is 2.76. The fourth-order valence-electron chi connectivity index (χ4n) is 2.38. The Kier molecular flexibility index (Phi) is 3.63. The molecule has 17 heavy (non-hydrogen) atoms. The van der Waals surface area contributed by atoms with E-state index < -0.39 is 0 Å². The minimum atomic E-state index is -0.367. The number of aromatic amines is 2. The summed E-state index contributed by atoms with van der Waals surface area (Å²) in [6.45, 7) is 0.592. The first kappa shape index (κ1) is 11.9. The Hall–Kier alpha value is -1.56. The predicted octanol–water partition coefficient (Wildman–Crippen LogP) is -0.0497. The van der Waals surface area contributed by atoms with E-state index in [0.29, 0.717) is 12.5 Å².